The number of rotatable bonds is 5. The molecule has 1 aliphatic heterocycles. The predicted molar refractivity (Wildman–Crippen MR) is 82.0 cm³/mol. The highest BCUT2D eigenvalue weighted by molar-refractivity contribution is 5.22. The molecule has 0 bridgehead atoms. The lowest BCUT2D eigenvalue weighted by Crippen LogP contribution is -2.35. The van der Waals surface area contributed by atoms with Crippen molar-refractivity contribution in [2.45, 2.75) is 45.1 Å². The van der Waals surface area contributed by atoms with E-state index in [1.54, 1.807) is 0 Å². The van der Waals surface area contributed by atoms with Crippen molar-refractivity contribution in [1.82, 2.24) is 4.90 Å². The van der Waals surface area contributed by atoms with Crippen LogP contribution in [0.2, 0.25) is 0 Å². The van der Waals surface area contributed by atoms with Crippen LogP contribution in [0, 0.1) is 17.6 Å². The molecule has 1 aliphatic rings. The summed E-state index contributed by atoms with van der Waals surface area (Å²) >= 11 is 0. The molecular weight excluding hydrogens is 270 g/mol. The van der Waals surface area contributed by atoms with Crippen LogP contribution in [0.5, 0.6) is 0 Å². The molecule has 4 heteroatoms. The molecule has 1 fully saturated rings. The third kappa shape index (κ3) is 4.24. The summed E-state index contributed by atoms with van der Waals surface area (Å²) in [6.45, 7) is 4.47. The van der Waals surface area contributed by atoms with E-state index in [0.717, 1.165) is 37.9 Å². The van der Waals surface area contributed by atoms with Crippen LogP contribution in [0.1, 0.15) is 50.6 Å². The molecule has 1 heterocycles. The van der Waals surface area contributed by atoms with E-state index in [9.17, 15) is 8.78 Å². The summed E-state index contributed by atoms with van der Waals surface area (Å²) in [6.07, 6.45) is 6.01. The molecular formula is C17H26F2N2. The van der Waals surface area contributed by atoms with E-state index in [-0.39, 0.29) is 6.04 Å². The average molecular weight is 296 g/mol. The van der Waals surface area contributed by atoms with Gasteiger partial charge in [0.25, 0.3) is 0 Å². The van der Waals surface area contributed by atoms with Crippen molar-refractivity contribution < 1.29 is 8.78 Å². The zero-order valence-electron chi connectivity index (χ0n) is 12.8. The van der Waals surface area contributed by atoms with Crippen LogP contribution in [0.4, 0.5) is 8.78 Å². The molecule has 0 radical (unpaired) electrons. The van der Waals surface area contributed by atoms with Gasteiger partial charge in [-0.2, -0.15) is 0 Å². The second kappa shape index (κ2) is 7.85. The van der Waals surface area contributed by atoms with E-state index >= 15 is 0 Å². The first-order chi connectivity index (χ1) is 10.2. The van der Waals surface area contributed by atoms with Crippen LogP contribution in [0.25, 0.3) is 0 Å². The first kappa shape index (κ1) is 16.4. The van der Waals surface area contributed by atoms with Crippen molar-refractivity contribution in [2.75, 3.05) is 19.6 Å². The number of halogens is 2. The highest BCUT2D eigenvalue weighted by atomic mass is 19.1. The average Bonchev–Trinajstić information content (AvgIpc) is 2.68. The van der Waals surface area contributed by atoms with Gasteiger partial charge in [0.05, 0.1) is 0 Å². The van der Waals surface area contributed by atoms with Gasteiger partial charge in [-0.1, -0.05) is 25.8 Å². The molecule has 0 aliphatic carbocycles. The van der Waals surface area contributed by atoms with Gasteiger partial charge < -0.3 is 5.73 Å². The molecule has 0 aromatic heterocycles. The maximum atomic E-state index is 14.0. The van der Waals surface area contributed by atoms with Gasteiger partial charge in [-0.3, -0.25) is 4.90 Å². The Kier molecular flexibility index (Phi) is 6.12. The van der Waals surface area contributed by atoms with E-state index in [1.807, 2.05) is 0 Å². The lowest BCUT2D eigenvalue weighted by molar-refractivity contribution is 0.202. The molecule has 0 spiro atoms. The van der Waals surface area contributed by atoms with Crippen molar-refractivity contribution in [2.24, 2.45) is 11.7 Å². The summed E-state index contributed by atoms with van der Waals surface area (Å²) in [7, 11) is 0. The van der Waals surface area contributed by atoms with Crippen molar-refractivity contribution in [3.63, 3.8) is 0 Å². The van der Waals surface area contributed by atoms with E-state index in [0.29, 0.717) is 12.1 Å². The smallest absolute Gasteiger partial charge is 0.130 e. The molecule has 118 valence electrons. The minimum absolute atomic E-state index is 0.147. The van der Waals surface area contributed by atoms with Gasteiger partial charge in [0.15, 0.2) is 0 Å². The number of benzene rings is 1. The van der Waals surface area contributed by atoms with Crippen molar-refractivity contribution in [3.8, 4) is 0 Å². The summed E-state index contributed by atoms with van der Waals surface area (Å²) < 4.78 is 27.1. The van der Waals surface area contributed by atoms with Gasteiger partial charge in [0.2, 0.25) is 0 Å². The molecule has 1 aromatic rings. The Morgan fingerprint density at radius 2 is 2.10 bits per heavy atom. The fourth-order valence-corrected chi connectivity index (χ4v) is 3.44. The lowest BCUT2D eigenvalue weighted by atomic mass is 9.96. The van der Waals surface area contributed by atoms with Crippen LogP contribution >= 0.6 is 0 Å². The monoisotopic (exact) mass is 296 g/mol. The van der Waals surface area contributed by atoms with Crippen molar-refractivity contribution in [3.05, 3.63) is 35.4 Å². The third-order valence-corrected chi connectivity index (χ3v) is 4.56. The molecule has 1 aromatic carbocycles. The Hall–Kier alpha value is -1.00. The zero-order valence-corrected chi connectivity index (χ0v) is 12.8. The fraction of sp³-hybridized carbons (Fsp3) is 0.647. The second-order valence-electron chi connectivity index (χ2n) is 6.04. The Morgan fingerprint density at radius 1 is 1.29 bits per heavy atom. The number of hydrogen-bond acceptors (Lipinski definition) is 2. The van der Waals surface area contributed by atoms with Crippen molar-refractivity contribution >= 4 is 0 Å². The number of hydrogen-bond donors (Lipinski definition) is 1. The molecule has 2 rings (SSSR count). The Bertz CT molecular complexity index is 450. The summed E-state index contributed by atoms with van der Waals surface area (Å²) in [5, 5.41) is 0. The molecule has 2 unspecified atom stereocenters. The highest BCUT2D eigenvalue weighted by Gasteiger charge is 2.25. The van der Waals surface area contributed by atoms with Crippen LogP contribution < -0.4 is 5.73 Å². The fourth-order valence-electron chi connectivity index (χ4n) is 3.44. The highest BCUT2D eigenvalue weighted by Crippen LogP contribution is 2.29. The predicted octanol–water partition coefficient (Wildman–Crippen LogP) is 3.87. The molecule has 0 saturated carbocycles. The maximum Gasteiger partial charge on any atom is 0.130 e. The quantitative estimate of drug-likeness (QED) is 0.894. The second-order valence-corrected chi connectivity index (χ2v) is 6.04. The standard InChI is InChI=1S/C17H26F2N2/c1-2-4-13-5-3-9-21(10-8-13)17(12-20)15-7-6-14(18)11-16(15)19/h6-7,11,13,17H,2-5,8-10,12,20H2,1H3. The summed E-state index contributed by atoms with van der Waals surface area (Å²) in [5.74, 6) is -0.248. The van der Waals surface area contributed by atoms with Crippen molar-refractivity contribution in [1.29, 1.82) is 0 Å². The number of nitrogens with two attached hydrogens (primary N) is 1. The Morgan fingerprint density at radius 3 is 2.76 bits per heavy atom. The molecule has 1 saturated heterocycles. The van der Waals surface area contributed by atoms with E-state index in [1.165, 1.54) is 31.4 Å². The third-order valence-electron chi connectivity index (χ3n) is 4.56. The SMILES string of the molecule is CCCC1CCCN(C(CN)c2ccc(F)cc2F)CC1. The van der Waals surface area contributed by atoms with E-state index < -0.39 is 11.6 Å². The molecule has 2 N–H and O–H groups in total. The zero-order chi connectivity index (χ0) is 15.2. The molecule has 2 atom stereocenters. The lowest BCUT2D eigenvalue weighted by Gasteiger charge is -2.30. The summed E-state index contributed by atoms with van der Waals surface area (Å²) in [6, 6.07) is 3.66. The van der Waals surface area contributed by atoms with Gasteiger partial charge in [-0.05, 0) is 44.3 Å². The van der Waals surface area contributed by atoms with Crippen LogP contribution in [-0.4, -0.2) is 24.5 Å². The normalized spacial score (nSPS) is 22.0. The first-order valence-corrected chi connectivity index (χ1v) is 8.04. The molecule has 0 amide bonds. The minimum Gasteiger partial charge on any atom is -0.329 e. The van der Waals surface area contributed by atoms with Crippen LogP contribution in [0.3, 0.4) is 0 Å². The Balaban J connectivity index is 2.10. The summed E-state index contributed by atoms with van der Waals surface area (Å²) in [5.41, 5.74) is 6.41. The van der Waals surface area contributed by atoms with E-state index in [2.05, 4.69) is 11.8 Å². The summed E-state index contributed by atoms with van der Waals surface area (Å²) in [4.78, 5) is 2.27. The number of likely N-dealkylation sites (tertiary alicyclic amines) is 1. The van der Waals surface area contributed by atoms with E-state index in [4.69, 9.17) is 5.73 Å². The number of nitrogens with zero attached hydrogens (tertiary/aromatic N) is 1. The van der Waals surface area contributed by atoms with Gasteiger partial charge in [-0.25, -0.2) is 8.78 Å². The first-order valence-electron chi connectivity index (χ1n) is 8.04. The molecule has 21 heavy (non-hydrogen) atoms. The van der Waals surface area contributed by atoms with Gasteiger partial charge in [0, 0.05) is 24.2 Å². The topological polar surface area (TPSA) is 29.3 Å². The minimum atomic E-state index is -0.536. The maximum absolute atomic E-state index is 14.0. The van der Waals surface area contributed by atoms with Crippen LogP contribution in [0.15, 0.2) is 18.2 Å². The van der Waals surface area contributed by atoms with Gasteiger partial charge >= 0.3 is 0 Å². The van der Waals surface area contributed by atoms with Crippen LogP contribution in [-0.2, 0) is 0 Å². The Labute approximate surface area is 126 Å². The largest absolute Gasteiger partial charge is 0.329 e. The molecule has 2 nitrogen and oxygen atoms in total. The van der Waals surface area contributed by atoms with Gasteiger partial charge in [-0.15, -0.1) is 0 Å². The van der Waals surface area contributed by atoms with Gasteiger partial charge in [0.1, 0.15) is 11.6 Å².